The normalized spacial score (nSPS) is 21.9. The fraction of sp³-hybridized carbons (Fsp3) is 1.00. The molecule has 1 heterocycles. The predicted octanol–water partition coefficient (Wildman–Crippen LogP) is 2.59. The maximum absolute atomic E-state index is 3.77. The van der Waals surface area contributed by atoms with Crippen molar-refractivity contribution in [3.8, 4) is 0 Å². The van der Waals surface area contributed by atoms with Crippen LogP contribution in [0.3, 0.4) is 0 Å². The van der Waals surface area contributed by atoms with Crippen molar-refractivity contribution in [3.63, 3.8) is 0 Å². The van der Waals surface area contributed by atoms with Gasteiger partial charge in [-0.15, -0.1) is 0 Å². The van der Waals surface area contributed by atoms with E-state index in [-0.39, 0.29) is 0 Å². The number of hydrogen-bond acceptors (Lipinski definition) is 3. The van der Waals surface area contributed by atoms with Gasteiger partial charge in [0, 0.05) is 24.4 Å². The smallest absolute Gasteiger partial charge is 0.0303 e. The second-order valence-electron chi connectivity index (χ2n) is 4.74. The summed E-state index contributed by atoms with van der Waals surface area (Å²) in [4.78, 5) is 2.66. The molecule has 16 heavy (non-hydrogen) atoms. The van der Waals surface area contributed by atoms with Gasteiger partial charge in [0.25, 0.3) is 0 Å². The molecule has 96 valence electrons. The summed E-state index contributed by atoms with van der Waals surface area (Å²) in [6.45, 7) is 11.9. The van der Waals surface area contributed by atoms with Gasteiger partial charge in [0.2, 0.25) is 0 Å². The average Bonchev–Trinajstić information content (AvgIpc) is 2.53. The maximum Gasteiger partial charge on any atom is 0.0303 e. The minimum atomic E-state index is 0.382. The Morgan fingerprint density at radius 1 is 1.25 bits per heavy atom. The molecular formula is C13H28N2S. The molecule has 0 atom stereocenters. The lowest BCUT2D eigenvalue weighted by Gasteiger charge is -2.35. The zero-order valence-electron chi connectivity index (χ0n) is 11.2. The van der Waals surface area contributed by atoms with Crippen LogP contribution in [0.2, 0.25) is 0 Å². The highest BCUT2D eigenvalue weighted by molar-refractivity contribution is 7.99. The molecule has 0 aromatic carbocycles. The minimum absolute atomic E-state index is 0.382. The number of thioether (sulfide) groups is 1. The number of hydrogen-bond donors (Lipinski definition) is 1. The fourth-order valence-corrected chi connectivity index (χ4v) is 3.15. The topological polar surface area (TPSA) is 15.3 Å². The lowest BCUT2D eigenvalue weighted by atomic mass is 9.92. The number of rotatable bonds is 6. The molecule has 0 spiro atoms. The van der Waals surface area contributed by atoms with E-state index in [1.54, 1.807) is 0 Å². The zero-order chi connectivity index (χ0) is 11.9. The van der Waals surface area contributed by atoms with Crippen molar-refractivity contribution < 1.29 is 0 Å². The van der Waals surface area contributed by atoms with E-state index in [1.807, 2.05) is 0 Å². The van der Waals surface area contributed by atoms with Gasteiger partial charge in [-0.1, -0.05) is 20.8 Å². The van der Waals surface area contributed by atoms with Crippen LogP contribution in [-0.2, 0) is 0 Å². The molecule has 1 N–H and O–H groups in total. The lowest BCUT2D eigenvalue weighted by molar-refractivity contribution is 0.205. The summed E-state index contributed by atoms with van der Waals surface area (Å²) in [7, 11) is 0. The van der Waals surface area contributed by atoms with Crippen molar-refractivity contribution in [2.24, 2.45) is 0 Å². The van der Waals surface area contributed by atoms with Crippen LogP contribution in [0.4, 0.5) is 0 Å². The van der Waals surface area contributed by atoms with E-state index in [9.17, 15) is 0 Å². The van der Waals surface area contributed by atoms with Gasteiger partial charge in [-0.05, 0) is 38.1 Å². The third-order valence-corrected chi connectivity index (χ3v) is 4.67. The molecule has 0 saturated carbocycles. The zero-order valence-corrected chi connectivity index (χ0v) is 12.0. The summed E-state index contributed by atoms with van der Waals surface area (Å²) in [5, 5.41) is 3.77. The van der Waals surface area contributed by atoms with Crippen LogP contribution >= 0.6 is 11.8 Å². The Morgan fingerprint density at radius 3 is 2.62 bits per heavy atom. The SMILES string of the molecule is CCSCCN1CCCNC(CC)(CC)C1. The molecule has 0 amide bonds. The van der Waals surface area contributed by atoms with Crippen molar-refractivity contribution in [3.05, 3.63) is 0 Å². The first-order valence-electron chi connectivity index (χ1n) is 6.81. The summed E-state index contributed by atoms with van der Waals surface area (Å²) in [6, 6.07) is 0. The molecule has 1 fully saturated rings. The summed E-state index contributed by atoms with van der Waals surface area (Å²) < 4.78 is 0. The lowest BCUT2D eigenvalue weighted by Crippen LogP contribution is -2.50. The van der Waals surface area contributed by atoms with Gasteiger partial charge in [-0.25, -0.2) is 0 Å². The van der Waals surface area contributed by atoms with E-state index in [0.29, 0.717) is 5.54 Å². The van der Waals surface area contributed by atoms with E-state index >= 15 is 0 Å². The Morgan fingerprint density at radius 2 is 2.00 bits per heavy atom. The highest BCUT2D eigenvalue weighted by Crippen LogP contribution is 2.19. The van der Waals surface area contributed by atoms with Gasteiger partial charge in [0.05, 0.1) is 0 Å². The first-order valence-corrected chi connectivity index (χ1v) is 7.97. The van der Waals surface area contributed by atoms with Gasteiger partial charge in [-0.2, -0.15) is 11.8 Å². The Labute approximate surface area is 106 Å². The van der Waals surface area contributed by atoms with Crippen molar-refractivity contribution in [1.29, 1.82) is 0 Å². The van der Waals surface area contributed by atoms with Crippen LogP contribution in [0.5, 0.6) is 0 Å². The Bertz CT molecular complexity index is 181. The highest BCUT2D eigenvalue weighted by Gasteiger charge is 2.29. The fourth-order valence-electron chi connectivity index (χ4n) is 2.47. The van der Waals surface area contributed by atoms with Gasteiger partial charge in [0.1, 0.15) is 0 Å². The molecule has 0 aromatic rings. The van der Waals surface area contributed by atoms with Crippen LogP contribution in [-0.4, -0.2) is 48.1 Å². The van der Waals surface area contributed by atoms with Crippen LogP contribution < -0.4 is 5.32 Å². The van der Waals surface area contributed by atoms with Crippen molar-refractivity contribution >= 4 is 11.8 Å². The third-order valence-electron chi connectivity index (χ3n) is 3.79. The molecule has 0 unspecified atom stereocenters. The molecule has 2 nitrogen and oxygen atoms in total. The highest BCUT2D eigenvalue weighted by atomic mass is 32.2. The molecule has 1 rings (SSSR count). The number of nitrogens with one attached hydrogen (secondary N) is 1. The second-order valence-corrected chi connectivity index (χ2v) is 6.13. The van der Waals surface area contributed by atoms with Crippen molar-refractivity contribution in [2.75, 3.05) is 37.7 Å². The summed E-state index contributed by atoms with van der Waals surface area (Å²) >= 11 is 2.06. The van der Waals surface area contributed by atoms with E-state index in [0.717, 1.165) is 0 Å². The summed E-state index contributed by atoms with van der Waals surface area (Å²) in [6.07, 6.45) is 3.81. The van der Waals surface area contributed by atoms with Crippen LogP contribution in [0, 0.1) is 0 Å². The molecule has 0 bridgehead atoms. The van der Waals surface area contributed by atoms with Crippen LogP contribution in [0.25, 0.3) is 0 Å². The third kappa shape index (κ3) is 4.27. The van der Waals surface area contributed by atoms with Gasteiger partial charge in [-0.3, -0.25) is 0 Å². The van der Waals surface area contributed by atoms with Gasteiger partial charge < -0.3 is 10.2 Å². The van der Waals surface area contributed by atoms with E-state index in [2.05, 4.69) is 42.7 Å². The summed E-state index contributed by atoms with van der Waals surface area (Å²) in [5.74, 6) is 2.54. The van der Waals surface area contributed by atoms with Crippen LogP contribution in [0.1, 0.15) is 40.0 Å². The monoisotopic (exact) mass is 244 g/mol. The van der Waals surface area contributed by atoms with Crippen LogP contribution in [0.15, 0.2) is 0 Å². The molecule has 0 radical (unpaired) electrons. The molecule has 1 aliphatic rings. The molecule has 1 aliphatic heterocycles. The minimum Gasteiger partial charge on any atom is -0.310 e. The molecule has 3 heteroatoms. The molecule has 0 aliphatic carbocycles. The van der Waals surface area contributed by atoms with E-state index in [4.69, 9.17) is 0 Å². The van der Waals surface area contributed by atoms with E-state index in [1.165, 1.54) is 56.9 Å². The first kappa shape index (κ1) is 14.3. The summed E-state index contributed by atoms with van der Waals surface area (Å²) in [5.41, 5.74) is 0.382. The van der Waals surface area contributed by atoms with E-state index < -0.39 is 0 Å². The standard InChI is InChI=1S/C13H28N2S/c1-4-13(5-2)12-15(9-7-8-14-13)10-11-16-6-3/h14H,4-12H2,1-3H3. The van der Waals surface area contributed by atoms with Crippen molar-refractivity contribution in [1.82, 2.24) is 10.2 Å². The Balaban J connectivity index is 2.44. The molecule has 1 saturated heterocycles. The Hall–Kier alpha value is 0.270. The van der Waals surface area contributed by atoms with Gasteiger partial charge in [0.15, 0.2) is 0 Å². The second kappa shape index (κ2) is 7.57. The maximum atomic E-state index is 3.77. The first-order chi connectivity index (χ1) is 7.76. The number of nitrogens with zero attached hydrogens (tertiary/aromatic N) is 1. The largest absolute Gasteiger partial charge is 0.310 e. The molecule has 0 aromatic heterocycles. The molecular weight excluding hydrogens is 216 g/mol. The van der Waals surface area contributed by atoms with Crippen molar-refractivity contribution in [2.45, 2.75) is 45.6 Å². The van der Waals surface area contributed by atoms with Gasteiger partial charge >= 0.3 is 0 Å². The Kier molecular flexibility index (Phi) is 6.78. The predicted molar refractivity (Wildman–Crippen MR) is 75.4 cm³/mol. The average molecular weight is 244 g/mol. The quantitative estimate of drug-likeness (QED) is 0.723.